The number of fused-ring (bicyclic) bond motifs is 2. The van der Waals surface area contributed by atoms with E-state index in [1.807, 2.05) is 54.3 Å². The van der Waals surface area contributed by atoms with Gasteiger partial charge in [0.15, 0.2) is 0 Å². The number of rotatable bonds is 5. The number of aryl methyl sites for hydroxylation is 1. The Morgan fingerprint density at radius 2 is 2.00 bits per heavy atom. The Kier molecular flexibility index (Phi) is 5.12. The van der Waals surface area contributed by atoms with Gasteiger partial charge in [0.25, 0.3) is 5.92 Å². The van der Waals surface area contributed by atoms with Crippen molar-refractivity contribution in [3.8, 4) is 28.3 Å². The lowest BCUT2D eigenvalue weighted by molar-refractivity contribution is 0.0115. The summed E-state index contributed by atoms with van der Waals surface area (Å²) in [4.78, 5) is 18.9. The molecule has 8 nitrogen and oxygen atoms in total. The van der Waals surface area contributed by atoms with E-state index in [4.69, 9.17) is 4.98 Å². The van der Waals surface area contributed by atoms with Crippen LogP contribution in [0.25, 0.3) is 50.3 Å². The summed E-state index contributed by atoms with van der Waals surface area (Å²) in [6, 6.07) is 14.0. The summed E-state index contributed by atoms with van der Waals surface area (Å²) in [7, 11) is 0. The highest BCUT2D eigenvalue weighted by Gasteiger charge is 2.37. The molecule has 1 aromatic carbocycles. The average molecular weight is 511 g/mol. The minimum absolute atomic E-state index is 0.0984. The van der Waals surface area contributed by atoms with Crippen LogP contribution in [0.2, 0.25) is 0 Å². The van der Waals surface area contributed by atoms with Gasteiger partial charge in [0.1, 0.15) is 11.2 Å². The van der Waals surface area contributed by atoms with Crippen molar-refractivity contribution in [3.05, 3.63) is 78.6 Å². The molecule has 0 atom stereocenters. The molecule has 0 radical (unpaired) electrons. The third-order valence-electron chi connectivity index (χ3n) is 7.04. The van der Waals surface area contributed by atoms with E-state index >= 15 is 0 Å². The van der Waals surface area contributed by atoms with Gasteiger partial charge in [0.05, 0.1) is 41.2 Å². The summed E-state index contributed by atoms with van der Waals surface area (Å²) in [5.74, 6) is -2.61. The van der Waals surface area contributed by atoms with E-state index < -0.39 is 5.92 Å². The normalized spacial score (nSPS) is 15.7. The standard InChI is InChI=1S/C28H24F2N8/c1-17-13-38(16-32-17)25-4-2-3-22-20(25)10-24(33-22)27-26-23(35-36-27)6-5-21(34-26)19-9-18(11-31-12-19)14-37-8-7-28(29,30)15-37/h2-6,9-13,16,33H,7-8,14-15H2,1H3,(H,35,36). The molecular formula is C28H24F2N8. The fraction of sp³-hybridized carbons (Fsp3) is 0.214. The van der Waals surface area contributed by atoms with Crippen LogP contribution in [-0.2, 0) is 6.54 Å². The van der Waals surface area contributed by atoms with E-state index in [9.17, 15) is 8.78 Å². The third kappa shape index (κ3) is 4.03. The van der Waals surface area contributed by atoms with E-state index in [1.165, 1.54) is 0 Å². The van der Waals surface area contributed by atoms with Crippen LogP contribution in [0.5, 0.6) is 0 Å². The summed E-state index contributed by atoms with van der Waals surface area (Å²) >= 11 is 0. The molecular weight excluding hydrogens is 486 g/mol. The minimum Gasteiger partial charge on any atom is -0.353 e. The molecule has 0 bridgehead atoms. The lowest BCUT2D eigenvalue weighted by Crippen LogP contribution is -2.24. The summed E-state index contributed by atoms with van der Waals surface area (Å²) in [6.07, 6.45) is 7.19. The van der Waals surface area contributed by atoms with Crippen molar-refractivity contribution >= 4 is 21.9 Å². The number of aromatic amines is 2. The molecule has 0 amide bonds. The predicted octanol–water partition coefficient (Wildman–Crippen LogP) is 5.50. The summed E-state index contributed by atoms with van der Waals surface area (Å²) < 4.78 is 29.3. The number of nitrogens with zero attached hydrogens (tertiary/aromatic N) is 6. The summed E-state index contributed by atoms with van der Waals surface area (Å²) in [5, 5.41) is 8.71. The predicted molar refractivity (Wildman–Crippen MR) is 141 cm³/mol. The number of pyridine rings is 2. The maximum absolute atomic E-state index is 13.6. The van der Waals surface area contributed by atoms with Gasteiger partial charge >= 0.3 is 0 Å². The number of halogens is 2. The second-order valence-corrected chi connectivity index (χ2v) is 9.91. The van der Waals surface area contributed by atoms with Gasteiger partial charge in [0, 0.05) is 54.6 Å². The van der Waals surface area contributed by atoms with Gasteiger partial charge in [-0.3, -0.25) is 15.0 Å². The Bertz CT molecular complexity index is 1800. The topological polar surface area (TPSA) is 91.3 Å². The highest BCUT2D eigenvalue weighted by molar-refractivity contribution is 5.97. The molecule has 7 rings (SSSR count). The fourth-order valence-corrected chi connectivity index (χ4v) is 5.21. The molecule has 0 spiro atoms. The number of likely N-dealkylation sites (tertiary alicyclic amines) is 1. The van der Waals surface area contributed by atoms with Crippen LogP contribution in [-0.4, -0.2) is 58.6 Å². The Hall–Kier alpha value is -4.44. The molecule has 1 saturated heterocycles. The van der Waals surface area contributed by atoms with Gasteiger partial charge in [-0.25, -0.2) is 18.7 Å². The Labute approximate surface area is 216 Å². The zero-order valence-corrected chi connectivity index (χ0v) is 20.6. The Morgan fingerprint density at radius 1 is 1.08 bits per heavy atom. The fourth-order valence-electron chi connectivity index (χ4n) is 5.21. The number of alkyl halides is 2. The lowest BCUT2D eigenvalue weighted by Gasteiger charge is -2.15. The van der Waals surface area contributed by atoms with Crippen molar-refractivity contribution in [2.24, 2.45) is 0 Å². The average Bonchev–Trinajstić information content (AvgIpc) is 3.69. The second kappa shape index (κ2) is 8.56. The molecule has 6 heterocycles. The monoisotopic (exact) mass is 510 g/mol. The van der Waals surface area contributed by atoms with Crippen molar-refractivity contribution in [2.75, 3.05) is 13.1 Å². The first-order valence-electron chi connectivity index (χ1n) is 12.4. The first-order chi connectivity index (χ1) is 18.4. The molecule has 10 heteroatoms. The molecule has 2 N–H and O–H groups in total. The van der Waals surface area contributed by atoms with Crippen LogP contribution in [0.4, 0.5) is 8.78 Å². The van der Waals surface area contributed by atoms with Gasteiger partial charge in [-0.05, 0) is 48.9 Å². The molecule has 0 aliphatic carbocycles. The maximum Gasteiger partial charge on any atom is 0.261 e. The maximum atomic E-state index is 13.6. The zero-order chi connectivity index (χ0) is 25.9. The summed E-state index contributed by atoms with van der Waals surface area (Å²) in [5.41, 5.74) is 8.53. The van der Waals surface area contributed by atoms with Crippen molar-refractivity contribution < 1.29 is 8.78 Å². The largest absolute Gasteiger partial charge is 0.353 e. The van der Waals surface area contributed by atoms with Gasteiger partial charge < -0.3 is 9.55 Å². The van der Waals surface area contributed by atoms with Gasteiger partial charge in [-0.2, -0.15) is 5.10 Å². The molecule has 190 valence electrons. The van der Waals surface area contributed by atoms with Crippen LogP contribution >= 0.6 is 0 Å². The third-order valence-corrected chi connectivity index (χ3v) is 7.04. The van der Waals surface area contributed by atoms with E-state index in [-0.39, 0.29) is 13.0 Å². The molecule has 5 aromatic heterocycles. The quantitative estimate of drug-likeness (QED) is 0.319. The van der Waals surface area contributed by atoms with E-state index in [0.29, 0.717) is 18.8 Å². The highest BCUT2D eigenvalue weighted by atomic mass is 19.3. The van der Waals surface area contributed by atoms with Crippen LogP contribution in [0, 0.1) is 6.92 Å². The molecule has 1 aliphatic rings. The number of hydrogen-bond donors (Lipinski definition) is 2. The second-order valence-electron chi connectivity index (χ2n) is 9.91. The number of aromatic nitrogens is 7. The lowest BCUT2D eigenvalue weighted by atomic mass is 10.1. The summed E-state index contributed by atoms with van der Waals surface area (Å²) in [6.45, 7) is 2.57. The SMILES string of the molecule is Cc1cn(-c2cccc3[nH]c(-c4n[nH]c5ccc(-c6cncc(CN7CCC(F)(F)C7)c6)nc45)cc23)cn1. The van der Waals surface area contributed by atoms with E-state index in [2.05, 4.69) is 37.3 Å². The molecule has 1 fully saturated rings. The van der Waals surface area contributed by atoms with Crippen molar-refractivity contribution in [2.45, 2.75) is 25.8 Å². The van der Waals surface area contributed by atoms with Crippen LogP contribution in [0.1, 0.15) is 17.7 Å². The molecule has 1 aliphatic heterocycles. The minimum atomic E-state index is -2.61. The first-order valence-corrected chi connectivity index (χ1v) is 12.4. The van der Waals surface area contributed by atoms with Crippen LogP contribution in [0.15, 0.2) is 67.4 Å². The molecule has 6 aromatic rings. The van der Waals surface area contributed by atoms with E-state index in [0.717, 1.165) is 55.8 Å². The molecule has 0 saturated carbocycles. The van der Waals surface area contributed by atoms with E-state index in [1.54, 1.807) is 17.3 Å². The smallest absolute Gasteiger partial charge is 0.261 e. The van der Waals surface area contributed by atoms with Gasteiger partial charge in [-0.15, -0.1) is 0 Å². The number of imidazole rings is 1. The van der Waals surface area contributed by atoms with Crippen molar-refractivity contribution in [1.82, 2.24) is 39.6 Å². The van der Waals surface area contributed by atoms with Crippen LogP contribution < -0.4 is 0 Å². The van der Waals surface area contributed by atoms with Crippen molar-refractivity contribution in [1.29, 1.82) is 0 Å². The molecule has 38 heavy (non-hydrogen) atoms. The van der Waals surface area contributed by atoms with Gasteiger partial charge in [0.2, 0.25) is 0 Å². The van der Waals surface area contributed by atoms with Crippen LogP contribution in [0.3, 0.4) is 0 Å². The zero-order valence-electron chi connectivity index (χ0n) is 20.6. The number of H-pyrrole nitrogens is 2. The first kappa shape index (κ1) is 22.7. The number of nitrogens with one attached hydrogen (secondary N) is 2. The molecule has 0 unspecified atom stereocenters. The Balaban J connectivity index is 1.24. The highest BCUT2D eigenvalue weighted by Crippen LogP contribution is 2.32. The van der Waals surface area contributed by atoms with Gasteiger partial charge in [-0.1, -0.05) is 6.07 Å². The number of hydrogen-bond acceptors (Lipinski definition) is 5. The number of benzene rings is 1. The van der Waals surface area contributed by atoms with Crippen molar-refractivity contribution in [3.63, 3.8) is 0 Å². The Morgan fingerprint density at radius 3 is 2.82 bits per heavy atom.